The molecule has 0 amide bonds. The summed E-state index contributed by atoms with van der Waals surface area (Å²) in [5.41, 5.74) is 1.33. The van der Waals surface area contributed by atoms with E-state index in [0.29, 0.717) is 0 Å². The van der Waals surface area contributed by atoms with Gasteiger partial charge in [-0.3, -0.25) is 0 Å². The van der Waals surface area contributed by atoms with Gasteiger partial charge in [-0.25, -0.2) is 0 Å². The van der Waals surface area contributed by atoms with Gasteiger partial charge in [0.15, 0.2) is 0 Å². The third kappa shape index (κ3) is 1.52. The van der Waals surface area contributed by atoms with Crippen LogP contribution in [0.1, 0.15) is 5.56 Å². The molecule has 0 saturated carbocycles. The minimum Gasteiger partial charge on any atom is -0.121 e. The van der Waals surface area contributed by atoms with Crippen LogP contribution in [0.4, 0.5) is 0 Å². The van der Waals surface area contributed by atoms with Gasteiger partial charge in [0, 0.05) is 15.1 Å². The van der Waals surface area contributed by atoms with Gasteiger partial charge in [0.1, 0.15) is 0 Å². The zero-order valence-corrected chi connectivity index (χ0v) is 8.28. The maximum Gasteiger partial charge on any atom is 0.0182 e. The summed E-state index contributed by atoms with van der Waals surface area (Å²) in [4.78, 5) is 1.38. The van der Waals surface area contributed by atoms with Crippen LogP contribution in [0.2, 0.25) is 0 Å². The molecular formula is C9H7BrS. The first kappa shape index (κ1) is 7.44. The number of rotatable bonds is 0. The first-order valence-electron chi connectivity index (χ1n) is 3.45. The predicted octanol–water partition coefficient (Wildman–Crippen LogP) is 3.57. The maximum absolute atomic E-state index is 3.45. The molecule has 11 heavy (non-hydrogen) atoms. The molecule has 2 heteroatoms. The van der Waals surface area contributed by atoms with Crippen molar-refractivity contribution in [3.05, 3.63) is 34.3 Å². The molecule has 1 aromatic rings. The van der Waals surface area contributed by atoms with E-state index in [1.54, 1.807) is 0 Å². The van der Waals surface area contributed by atoms with Crippen LogP contribution < -0.4 is 0 Å². The largest absolute Gasteiger partial charge is 0.121 e. The number of halogens is 1. The second kappa shape index (κ2) is 3.03. The van der Waals surface area contributed by atoms with Crippen LogP contribution in [0.15, 0.2) is 33.6 Å². The normalized spacial score (nSPS) is 14.6. The Hall–Kier alpha value is -0.210. The highest BCUT2D eigenvalue weighted by Crippen LogP contribution is 2.30. The van der Waals surface area contributed by atoms with E-state index in [1.165, 1.54) is 10.5 Å². The zero-order chi connectivity index (χ0) is 7.68. The van der Waals surface area contributed by atoms with Gasteiger partial charge in [-0.05, 0) is 23.8 Å². The molecule has 0 radical (unpaired) electrons. The topological polar surface area (TPSA) is 0 Å². The summed E-state index contributed by atoms with van der Waals surface area (Å²) in [7, 11) is 0. The average molecular weight is 227 g/mol. The maximum atomic E-state index is 3.45. The summed E-state index contributed by atoms with van der Waals surface area (Å²) in [5, 5.41) is 0. The fourth-order valence-electron chi connectivity index (χ4n) is 1.09. The van der Waals surface area contributed by atoms with Gasteiger partial charge in [0.05, 0.1) is 0 Å². The van der Waals surface area contributed by atoms with E-state index >= 15 is 0 Å². The van der Waals surface area contributed by atoms with Crippen molar-refractivity contribution in [2.24, 2.45) is 0 Å². The van der Waals surface area contributed by atoms with Gasteiger partial charge in [0.25, 0.3) is 0 Å². The smallest absolute Gasteiger partial charge is 0.0182 e. The summed E-state index contributed by atoms with van der Waals surface area (Å²) in [5.74, 6) is 1.11. The van der Waals surface area contributed by atoms with E-state index < -0.39 is 0 Å². The third-order valence-electron chi connectivity index (χ3n) is 1.60. The van der Waals surface area contributed by atoms with Crippen molar-refractivity contribution in [3.8, 4) is 0 Å². The minimum absolute atomic E-state index is 1.11. The molecule has 2 rings (SSSR count). The molecule has 1 aliphatic heterocycles. The standard InChI is InChI=1S/C9H7BrS/c10-8-3-4-9-7(6-8)2-1-5-11-9/h1-4,6H,5H2. The number of benzene rings is 1. The molecule has 0 nitrogen and oxygen atoms in total. The average Bonchev–Trinajstić information content (AvgIpc) is 2.04. The Morgan fingerprint density at radius 2 is 2.27 bits per heavy atom. The number of hydrogen-bond acceptors (Lipinski definition) is 1. The molecule has 0 N–H and O–H groups in total. The van der Waals surface area contributed by atoms with Gasteiger partial charge < -0.3 is 0 Å². The van der Waals surface area contributed by atoms with E-state index in [4.69, 9.17) is 0 Å². The van der Waals surface area contributed by atoms with Crippen molar-refractivity contribution < 1.29 is 0 Å². The van der Waals surface area contributed by atoms with Crippen LogP contribution in [0.25, 0.3) is 6.08 Å². The zero-order valence-electron chi connectivity index (χ0n) is 5.88. The third-order valence-corrected chi connectivity index (χ3v) is 3.14. The van der Waals surface area contributed by atoms with Gasteiger partial charge in [-0.2, -0.15) is 0 Å². The predicted molar refractivity (Wildman–Crippen MR) is 53.9 cm³/mol. The molecule has 1 aliphatic rings. The van der Waals surface area contributed by atoms with Crippen LogP contribution in [0.3, 0.4) is 0 Å². The molecule has 0 aliphatic carbocycles. The Labute approximate surface area is 78.8 Å². The van der Waals surface area contributed by atoms with Crippen LogP contribution in [0, 0.1) is 0 Å². The van der Waals surface area contributed by atoms with Crippen molar-refractivity contribution in [2.75, 3.05) is 5.75 Å². The molecule has 0 bridgehead atoms. The Balaban J connectivity index is 2.54. The summed E-state index contributed by atoms with van der Waals surface area (Å²) in [6.07, 6.45) is 4.37. The summed E-state index contributed by atoms with van der Waals surface area (Å²) < 4.78 is 1.16. The lowest BCUT2D eigenvalue weighted by Gasteiger charge is -2.08. The number of thioether (sulfide) groups is 1. The van der Waals surface area contributed by atoms with Crippen LogP contribution >= 0.6 is 27.7 Å². The molecule has 0 saturated heterocycles. The summed E-state index contributed by atoms with van der Waals surface area (Å²) in [6, 6.07) is 6.40. The SMILES string of the molecule is Brc1ccc2c(c1)C=CCS2. The molecule has 0 fully saturated rings. The molecule has 1 aromatic carbocycles. The summed E-state index contributed by atoms with van der Waals surface area (Å²) >= 11 is 5.34. The molecule has 56 valence electrons. The van der Waals surface area contributed by atoms with E-state index in [0.717, 1.165) is 10.2 Å². The lowest BCUT2D eigenvalue weighted by molar-refractivity contribution is 1.38. The Kier molecular flexibility index (Phi) is 2.05. The Morgan fingerprint density at radius 3 is 3.18 bits per heavy atom. The minimum atomic E-state index is 1.11. The Bertz CT molecular complexity index is 304. The highest BCUT2D eigenvalue weighted by Gasteiger charge is 2.03. The van der Waals surface area contributed by atoms with E-state index in [9.17, 15) is 0 Å². The second-order valence-electron chi connectivity index (χ2n) is 2.40. The number of fused-ring (bicyclic) bond motifs is 1. The first-order chi connectivity index (χ1) is 5.36. The molecule has 0 atom stereocenters. The lowest BCUT2D eigenvalue weighted by atomic mass is 10.2. The van der Waals surface area contributed by atoms with Gasteiger partial charge >= 0.3 is 0 Å². The van der Waals surface area contributed by atoms with Crippen LogP contribution in [-0.4, -0.2) is 5.75 Å². The fourth-order valence-corrected chi connectivity index (χ4v) is 2.30. The van der Waals surface area contributed by atoms with Crippen molar-refractivity contribution in [1.82, 2.24) is 0 Å². The quantitative estimate of drug-likeness (QED) is 0.652. The summed E-state index contributed by atoms with van der Waals surface area (Å²) in [6.45, 7) is 0. The van der Waals surface area contributed by atoms with Crippen LogP contribution in [0.5, 0.6) is 0 Å². The van der Waals surface area contributed by atoms with Crippen molar-refractivity contribution in [3.63, 3.8) is 0 Å². The fraction of sp³-hybridized carbons (Fsp3) is 0.111. The van der Waals surface area contributed by atoms with Gasteiger partial charge in [-0.15, -0.1) is 11.8 Å². The first-order valence-corrected chi connectivity index (χ1v) is 5.23. The highest BCUT2D eigenvalue weighted by molar-refractivity contribution is 9.10. The van der Waals surface area contributed by atoms with Crippen molar-refractivity contribution in [2.45, 2.75) is 4.90 Å². The van der Waals surface area contributed by atoms with Crippen molar-refractivity contribution in [1.29, 1.82) is 0 Å². The monoisotopic (exact) mass is 226 g/mol. The molecule has 0 unspecified atom stereocenters. The molecular weight excluding hydrogens is 220 g/mol. The van der Waals surface area contributed by atoms with Gasteiger partial charge in [0.2, 0.25) is 0 Å². The molecule has 1 heterocycles. The number of hydrogen-bond donors (Lipinski definition) is 0. The van der Waals surface area contributed by atoms with E-state index in [2.05, 4.69) is 46.3 Å². The Morgan fingerprint density at radius 1 is 1.36 bits per heavy atom. The lowest BCUT2D eigenvalue weighted by Crippen LogP contribution is -1.86. The molecule has 0 spiro atoms. The second-order valence-corrected chi connectivity index (χ2v) is 4.37. The van der Waals surface area contributed by atoms with Crippen LogP contribution in [-0.2, 0) is 0 Å². The van der Waals surface area contributed by atoms with Gasteiger partial charge in [-0.1, -0.05) is 28.1 Å². The van der Waals surface area contributed by atoms with E-state index in [1.807, 2.05) is 11.8 Å². The molecule has 0 aromatic heterocycles. The van der Waals surface area contributed by atoms with E-state index in [-0.39, 0.29) is 0 Å². The van der Waals surface area contributed by atoms with Crippen molar-refractivity contribution >= 4 is 33.8 Å². The highest BCUT2D eigenvalue weighted by atomic mass is 79.9.